The van der Waals surface area contributed by atoms with E-state index in [4.69, 9.17) is 0 Å². The van der Waals surface area contributed by atoms with Gasteiger partial charge in [0.1, 0.15) is 5.69 Å². The van der Waals surface area contributed by atoms with Crippen LogP contribution in [-0.2, 0) is 10.0 Å². The number of nitro benzene ring substituents is 1. The molecule has 0 bridgehead atoms. The Morgan fingerprint density at radius 1 is 1.29 bits per heavy atom. The molecule has 1 aliphatic rings. The molecule has 1 fully saturated rings. The fraction of sp³-hybridized carbons (Fsp3) is 0.600. The van der Waals surface area contributed by atoms with Crippen LogP contribution in [0.3, 0.4) is 0 Å². The van der Waals surface area contributed by atoms with Gasteiger partial charge in [-0.05, 0) is 31.9 Å². The monoisotopic (exact) mass is 357 g/mol. The molecule has 0 radical (unpaired) electrons. The lowest BCUT2D eigenvalue weighted by molar-refractivity contribution is -0.384. The van der Waals surface area contributed by atoms with Gasteiger partial charge in [0.15, 0.2) is 0 Å². The number of benzene rings is 1. The molecule has 1 saturated heterocycles. The van der Waals surface area contributed by atoms with E-state index in [2.05, 4.69) is 5.32 Å². The fourth-order valence-corrected chi connectivity index (χ4v) is 4.20. The number of aliphatic hydroxyl groups is 1. The number of hydrogen-bond acceptors (Lipinski definition) is 6. The standard InChI is InChI=1S/C15H23N3O5S/c1-12(19)11-16-14-7-6-13(10-15(14)18(20)21)24(22,23)17-8-4-2-3-5-9-17/h6-7,10,12,16,19H,2-5,8-9,11H2,1H3/t12-/m0/s1. The van der Waals surface area contributed by atoms with Crippen molar-refractivity contribution in [3.63, 3.8) is 0 Å². The molecule has 1 aromatic rings. The van der Waals surface area contributed by atoms with Gasteiger partial charge in [0, 0.05) is 25.7 Å². The van der Waals surface area contributed by atoms with Crippen molar-refractivity contribution in [3.05, 3.63) is 28.3 Å². The van der Waals surface area contributed by atoms with Crippen molar-refractivity contribution in [1.29, 1.82) is 0 Å². The Morgan fingerprint density at radius 2 is 1.92 bits per heavy atom. The SMILES string of the molecule is C[C@H](O)CNc1ccc(S(=O)(=O)N2CCCCCC2)cc1[N+](=O)[O-]. The van der Waals surface area contributed by atoms with Gasteiger partial charge < -0.3 is 10.4 Å². The molecule has 2 rings (SSSR count). The Morgan fingerprint density at radius 3 is 2.46 bits per heavy atom. The molecule has 8 nitrogen and oxygen atoms in total. The van der Waals surface area contributed by atoms with Crippen LogP contribution in [0.15, 0.2) is 23.1 Å². The number of nitrogens with one attached hydrogen (secondary N) is 1. The largest absolute Gasteiger partial charge is 0.392 e. The summed E-state index contributed by atoms with van der Waals surface area (Å²) in [6.45, 7) is 2.58. The third kappa shape index (κ3) is 4.43. The Labute approximate surface area is 141 Å². The van der Waals surface area contributed by atoms with Crippen molar-refractivity contribution in [2.75, 3.05) is 25.0 Å². The Hall–Kier alpha value is -1.71. The van der Waals surface area contributed by atoms with Crippen LogP contribution in [0, 0.1) is 10.1 Å². The minimum absolute atomic E-state index is 0.0707. The first-order valence-corrected chi connectivity index (χ1v) is 9.47. The van der Waals surface area contributed by atoms with Gasteiger partial charge >= 0.3 is 0 Å². The summed E-state index contributed by atoms with van der Waals surface area (Å²) in [4.78, 5) is 10.6. The summed E-state index contributed by atoms with van der Waals surface area (Å²) in [6, 6.07) is 3.84. The van der Waals surface area contributed by atoms with Crippen molar-refractivity contribution in [2.24, 2.45) is 0 Å². The quantitative estimate of drug-likeness (QED) is 0.594. The van der Waals surface area contributed by atoms with E-state index in [-0.39, 0.29) is 22.8 Å². The number of anilines is 1. The van der Waals surface area contributed by atoms with Crippen LogP contribution < -0.4 is 5.32 Å². The Bertz CT molecular complexity index is 682. The number of nitro groups is 1. The number of aliphatic hydroxyl groups excluding tert-OH is 1. The molecule has 1 aliphatic heterocycles. The Balaban J connectivity index is 2.32. The molecular weight excluding hydrogens is 334 g/mol. The van der Waals surface area contributed by atoms with Gasteiger partial charge in [-0.25, -0.2) is 8.42 Å². The average Bonchev–Trinajstić information content (AvgIpc) is 2.82. The van der Waals surface area contributed by atoms with Crippen molar-refractivity contribution in [3.8, 4) is 0 Å². The van der Waals surface area contributed by atoms with Gasteiger partial charge in [0.2, 0.25) is 10.0 Å². The van der Waals surface area contributed by atoms with Crippen LogP contribution in [0.2, 0.25) is 0 Å². The predicted molar refractivity (Wildman–Crippen MR) is 90.5 cm³/mol. The number of nitrogens with zero attached hydrogens (tertiary/aromatic N) is 2. The van der Waals surface area contributed by atoms with Gasteiger partial charge in [0.05, 0.1) is 15.9 Å². The summed E-state index contributed by atoms with van der Waals surface area (Å²) in [5.41, 5.74) is -0.123. The van der Waals surface area contributed by atoms with Gasteiger partial charge in [-0.1, -0.05) is 12.8 Å². The van der Waals surface area contributed by atoms with Gasteiger partial charge in [-0.3, -0.25) is 10.1 Å². The minimum Gasteiger partial charge on any atom is -0.392 e. The second-order valence-electron chi connectivity index (χ2n) is 5.98. The molecule has 2 N–H and O–H groups in total. The van der Waals surface area contributed by atoms with Crippen molar-refractivity contribution >= 4 is 21.4 Å². The predicted octanol–water partition coefficient (Wildman–Crippen LogP) is 1.95. The van der Waals surface area contributed by atoms with E-state index in [0.29, 0.717) is 13.1 Å². The van der Waals surface area contributed by atoms with Gasteiger partial charge in [0.25, 0.3) is 5.69 Å². The highest BCUT2D eigenvalue weighted by atomic mass is 32.2. The first-order valence-electron chi connectivity index (χ1n) is 8.03. The van der Waals surface area contributed by atoms with E-state index >= 15 is 0 Å². The number of hydrogen-bond donors (Lipinski definition) is 2. The molecule has 0 amide bonds. The first kappa shape index (κ1) is 18.6. The van der Waals surface area contributed by atoms with Gasteiger partial charge in [-0.15, -0.1) is 0 Å². The topological polar surface area (TPSA) is 113 Å². The average molecular weight is 357 g/mol. The third-order valence-corrected chi connectivity index (χ3v) is 5.85. The highest BCUT2D eigenvalue weighted by Crippen LogP contribution is 2.29. The molecule has 9 heteroatoms. The van der Waals surface area contributed by atoms with E-state index in [1.54, 1.807) is 6.92 Å². The molecule has 0 saturated carbocycles. The molecule has 1 aromatic carbocycles. The lowest BCUT2D eigenvalue weighted by Gasteiger charge is -2.20. The highest BCUT2D eigenvalue weighted by molar-refractivity contribution is 7.89. The van der Waals surface area contributed by atoms with Gasteiger partial charge in [-0.2, -0.15) is 4.31 Å². The minimum atomic E-state index is -3.74. The van der Waals surface area contributed by atoms with Crippen LogP contribution in [0.25, 0.3) is 0 Å². The lowest BCUT2D eigenvalue weighted by atomic mass is 10.2. The zero-order chi connectivity index (χ0) is 17.7. The molecule has 24 heavy (non-hydrogen) atoms. The van der Waals surface area contributed by atoms with Crippen molar-refractivity contribution in [2.45, 2.75) is 43.6 Å². The van der Waals surface area contributed by atoms with Crippen LogP contribution in [0.4, 0.5) is 11.4 Å². The maximum atomic E-state index is 12.7. The molecule has 1 heterocycles. The summed E-state index contributed by atoms with van der Waals surface area (Å²) >= 11 is 0. The van der Waals surface area contributed by atoms with Crippen molar-refractivity contribution < 1.29 is 18.4 Å². The number of sulfonamides is 1. The summed E-state index contributed by atoms with van der Waals surface area (Å²) in [6.07, 6.45) is 2.91. The van der Waals surface area contributed by atoms with Crippen LogP contribution in [-0.4, -0.2) is 48.5 Å². The summed E-state index contributed by atoms with van der Waals surface area (Å²) in [7, 11) is -3.74. The summed E-state index contributed by atoms with van der Waals surface area (Å²) in [5, 5.41) is 23.3. The van der Waals surface area contributed by atoms with Crippen LogP contribution in [0.5, 0.6) is 0 Å². The van der Waals surface area contributed by atoms with E-state index in [1.165, 1.54) is 16.4 Å². The maximum Gasteiger partial charge on any atom is 0.293 e. The van der Waals surface area contributed by atoms with Crippen LogP contribution in [0.1, 0.15) is 32.6 Å². The number of rotatable bonds is 6. The smallest absolute Gasteiger partial charge is 0.293 e. The summed E-state index contributed by atoms with van der Waals surface area (Å²) in [5.74, 6) is 0. The molecular formula is C15H23N3O5S. The van der Waals surface area contributed by atoms with Crippen molar-refractivity contribution in [1.82, 2.24) is 4.31 Å². The highest BCUT2D eigenvalue weighted by Gasteiger charge is 2.28. The molecule has 0 aliphatic carbocycles. The molecule has 0 spiro atoms. The zero-order valence-electron chi connectivity index (χ0n) is 13.6. The third-order valence-electron chi connectivity index (χ3n) is 3.96. The zero-order valence-corrected chi connectivity index (χ0v) is 14.5. The normalized spacial score (nSPS) is 17.9. The first-order chi connectivity index (χ1) is 11.3. The molecule has 1 atom stereocenters. The maximum absolute atomic E-state index is 12.7. The van der Waals surface area contributed by atoms with Crippen LogP contribution >= 0.6 is 0 Å². The fourth-order valence-electron chi connectivity index (χ4n) is 2.66. The molecule has 0 unspecified atom stereocenters. The van der Waals surface area contributed by atoms with E-state index in [0.717, 1.165) is 31.7 Å². The molecule has 0 aromatic heterocycles. The van der Waals surface area contributed by atoms with E-state index in [9.17, 15) is 23.6 Å². The summed E-state index contributed by atoms with van der Waals surface area (Å²) < 4.78 is 26.9. The second-order valence-corrected chi connectivity index (χ2v) is 7.92. The Kier molecular flexibility index (Phi) is 6.14. The second kappa shape index (κ2) is 7.91. The van der Waals surface area contributed by atoms with E-state index < -0.39 is 21.1 Å². The van der Waals surface area contributed by atoms with E-state index in [1.807, 2.05) is 0 Å². The lowest BCUT2D eigenvalue weighted by Crippen LogP contribution is -2.32. The molecule has 134 valence electrons.